The van der Waals surface area contributed by atoms with E-state index in [0.717, 1.165) is 25.3 Å². The lowest BCUT2D eigenvalue weighted by atomic mass is 10.0. The van der Waals surface area contributed by atoms with Crippen molar-refractivity contribution in [2.45, 2.75) is 52.1 Å². The molecule has 0 fully saturated rings. The van der Waals surface area contributed by atoms with Crippen molar-refractivity contribution in [3.05, 3.63) is 29.3 Å². The molecule has 1 aromatic carbocycles. The number of hydrogen-bond donors (Lipinski definition) is 1. The molecule has 21 heavy (non-hydrogen) atoms. The van der Waals surface area contributed by atoms with Crippen LogP contribution >= 0.6 is 0 Å². The SMILES string of the molecule is CC(NCCCCN(C)C(C)C)c1ccc2c(c1)CCO2. The van der Waals surface area contributed by atoms with Crippen molar-refractivity contribution in [3.8, 4) is 5.75 Å². The molecular formula is C18H30N2O. The molecule has 118 valence electrons. The number of nitrogens with one attached hydrogen (secondary N) is 1. The summed E-state index contributed by atoms with van der Waals surface area (Å²) in [5, 5.41) is 3.63. The van der Waals surface area contributed by atoms with E-state index < -0.39 is 0 Å². The van der Waals surface area contributed by atoms with Crippen molar-refractivity contribution >= 4 is 0 Å². The molecule has 0 saturated heterocycles. The first-order valence-electron chi connectivity index (χ1n) is 8.27. The minimum Gasteiger partial charge on any atom is -0.493 e. The van der Waals surface area contributed by atoms with E-state index in [2.05, 4.69) is 56.2 Å². The maximum atomic E-state index is 5.56. The van der Waals surface area contributed by atoms with Gasteiger partial charge in [-0.15, -0.1) is 0 Å². The van der Waals surface area contributed by atoms with Crippen LogP contribution in [0.3, 0.4) is 0 Å². The zero-order valence-corrected chi connectivity index (χ0v) is 14.0. The molecule has 1 N–H and O–H groups in total. The number of hydrogen-bond acceptors (Lipinski definition) is 3. The largest absolute Gasteiger partial charge is 0.493 e. The van der Waals surface area contributed by atoms with Gasteiger partial charge in [0.25, 0.3) is 0 Å². The van der Waals surface area contributed by atoms with Gasteiger partial charge in [-0.2, -0.15) is 0 Å². The second-order valence-corrected chi connectivity index (χ2v) is 6.42. The average Bonchev–Trinajstić information content (AvgIpc) is 2.93. The van der Waals surface area contributed by atoms with E-state index in [1.165, 1.54) is 30.5 Å². The summed E-state index contributed by atoms with van der Waals surface area (Å²) in [6, 6.07) is 7.66. The van der Waals surface area contributed by atoms with Crippen molar-refractivity contribution in [2.75, 3.05) is 26.7 Å². The van der Waals surface area contributed by atoms with Gasteiger partial charge in [-0.1, -0.05) is 12.1 Å². The minimum absolute atomic E-state index is 0.415. The van der Waals surface area contributed by atoms with Crippen LogP contribution in [0.1, 0.15) is 50.8 Å². The van der Waals surface area contributed by atoms with Gasteiger partial charge in [-0.05, 0) is 70.9 Å². The minimum atomic E-state index is 0.415. The van der Waals surface area contributed by atoms with Crippen LogP contribution in [0.4, 0.5) is 0 Å². The maximum absolute atomic E-state index is 5.56. The van der Waals surface area contributed by atoms with Gasteiger partial charge in [0.2, 0.25) is 0 Å². The van der Waals surface area contributed by atoms with E-state index >= 15 is 0 Å². The molecule has 1 aliphatic rings. The van der Waals surface area contributed by atoms with Crippen LogP contribution in [0.2, 0.25) is 0 Å². The van der Waals surface area contributed by atoms with Crippen LogP contribution in [0.25, 0.3) is 0 Å². The number of nitrogens with zero attached hydrogens (tertiary/aromatic N) is 1. The van der Waals surface area contributed by atoms with Gasteiger partial charge in [0.1, 0.15) is 5.75 Å². The number of fused-ring (bicyclic) bond motifs is 1. The predicted octanol–water partition coefficient (Wildman–Crippen LogP) is 3.39. The number of benzene rings is 1. The molecule has 0 aliphatic carbocycles. The van der Waals surface area contributed by atoms with Crippen molar-refractivity contribution in [1.29, 1.82) is 0 Å². The molecule has 1 atom stereocenters. The Hall–Kier alpha value is -1.06. The molecule has 0 bridgehead atoms. The van der Waals surface area contributed by atoms with Crippen LogP contribution in [0, 0.1) is 0 Å². The van der Waals surface area contributed by atoms with Crippen LogP contribution in [-0.4, -0.2) is 37.7 Å². The second-order valence-electron chi connectivity index (χ2n) is 6.42. The first-order valence-corrected chi connectivity index (χ1v) is 8.27. The molecule has 3 nitrogen and oxygen atoms in total. The summed E-state index contributed by atoms with van der Waals surface area (Å²) in [5.41, 5.74) is 2.73. The van der Waals surface area contributed by atoms with Gasteiger partial charge in [0.15, 0.2) is 0 Å². The average molecular weight is 290 g/mol. The Balaban J connectivity index is 1.69. The number of unbranched alkanes of at least 4 members (excludes halogenated alkanes) is 1. The van der Waals surface area contributed by atoms with Gasteiger partial charge in [-0.25, -0.2) is 0 Å². The fourth-order valence-corrected chi connectivity index (χ4v) is 2.66. The highest BCUT2D eigenvalue weighted by Crippen LogP contribution is 2.28. The fourth-order valence-electron chi connectivity index (χ4n) is 2.66. The molecule has 0 spiro atoms. The quantitative estimate of drug-likeness (QED) is 0.743. The summed E-state index contributed by atoms with van der Waals surface area (Å²) < 4.78 is 5.56. The number of ether oxygens (including phenoxy) is 1. The third-order valence-electron chi connectivity index (χ3n) is 4.48. The Morgan fingerprint density at radius 1 is 1.24 bits per heavy atom. The van der Waals surface area contributed by atoms with E-state index in [-0.39, 0.29) is 0 Å². The van der Waals surface area contributed by atoms with Crippen molar-refractivity contribution < 1.29 is 4.74 Å². The highest BCUT2D eigenvalue weighted by atomic mass is 16.5. The first kappa shape index (κ1) is 16.3. The normalized spacial score (nSPS) is 15.3. The Bertz CT molecular complexity index is 445. The maximum Gasteiger partial charge on any atom is 0.122 e. The molecule has 0 amide bonds. The van der Waals surface area contributed by atoms with Crippen molar-refractivity contribution in [3.63, 3.8) is 0 Å². The Morgan fingerprint density at radius 3 is 2.81 bits per heavy atom. The summed E-state index contributed by atoms with van der Waals surface area (Å²) in [7, 11) is 2.20. The lowest BCUT2D eigenvalue weighted by Crippen LogP contribution is -2.28. The van der Waals surface area contributed by atoms with Gasteiger partial charge < -0.3 is 15.0 Å². The highest BCUT2D eigenvalue weighted by molar-refractivity contribution is 5.40. The molecule has 2 rings (SSSR count). The van der Waals surface area contributed by atoms with Crippen LogP contribution < -0.4 is 10.1 Å². The van der Waals surface area contributed by atoms with Gasteiger partial charge in [0.05, 0.1) is 6.61 Å². The van der Waals surface area contributed by atoms with E-state index in [0.29, 0.717) is 12.1 Å². The van der Waals surface area contributed by atoms with E-state index in [1.54, 1.807) is 0 Å². The van der Waals surface area contributed by atoms with Crippen LogP contribution in [-0.2, 0) is 6.42 Å². The molecule has 1 unspecified atom stereocenters. The summed E-state index contributed by atoms with van der Waals surface area (Å²) in [6.07, 6.45) is 3.54. The van der Waals surface area contributed by atoms with E-state index in [4.69, 9.17) is 4.74 Å². The third kappa shape index (κ3) is 4.72. The summed E-state index contributed by atoms with van der Waals surface area (Å²) >= 11 is 0. The Morgan fingerprint density at radius 2 is 2.05 bits per heavy atom. The zero-order valence-electron chi connectivity index (χ0n) is 14.0. The molecule has 0 radical (unpaired) electrons. The number of rotatable bonds is 8. The molecule has 1 aromatic rings. The zero-order chi connectivity index (χ0) is 15.2. The monoisotopic (exact) mass is 290 g/mol. The summed E-state index contributed by atoms with van der Waals surface area (Å²) in [4.78, 5) is 2.41. The lowest BCUT2D eigenvalue weighted by molar-refractivity contribution is 0.267. The smallest absolute Gasteiger partial charge is 0.122 e. The standard InChI is InChI=1S/C18H30N2O/c1-14(2)20(4)11-6-5-10-19-15(3)16-7-8-18-17(13-16)9-12-21-18/h7-8,13-15,19H,5-6,9-12H2,1-4H3. The van der Waals surface area contributed by atoms with Crippen LogP contribution in [0.5, 0.6) is 5.75 Å². The predicted molar refractivity (Wildman–Crippen MR) is 89.1 cm³/mol. The summed E-state index contributed by atoms with van der Waals surface area (Å²) in [5.74, 6) is 1.07. The molecule has 3 heteroatoms. The lowest BCUT2D eigenvalue weighted by Gasteiger charge is -2.21. The Labute approximate surface area is 129 Å². The molecular weight excluding hydrogens is 260 g/mol. The first-order chi connectivity index (χ1) is 10.1. The van der Waals surface area contributed by atoms with E-state index in [9.17, 15) is 0 Å². The molecule has 1 aliphatic heterocycles. The molecule has 1 heterocycles. The summed E-state index contributed by atoms with van der Waals surface area (Å²) in [6.45, 7) is 9.85. The molecule has 0 saturated carbocycles. The Kier molecular flexibility index (Phi) is 6.07. The second kappa shape index (κ2) is 7.81. The topological polar surface area (TPSA) is 24.5 Å². The van der Waals surface area contributed by atoms with Gasteiger partial charge in [-0.3, -0.25) is 0 Å². The van der Waals surface area contributed by atoms with Crippen molar-refractivity contribution in [2.24, 2.45) is 0 Å². The van der Waals surface area contributed by atoms with Crippen molar-refractivity contribution in [1.82, 2.24) is 10.2 Å². The fraction of sp³-hybridized carbons (Fsp3) is 0.667. The van der Waals surface area contributed by atoms with Gasteiger partial charge >= 0.3 is 0 Å². The third-order valence-corrected chi connectivity index (χ3v) is 4.48. The van der Waals surface area contributed by atoms with E-state index in [1.807, 2.05) is 0 Å². The van der Waals surface area contributed by atoms with Crippen LogP contribution in [0.15, 0.2) is 18.2 Å². The van der Waals surface area contributed by atoms with Gasteiger partial charge in [0, 0.05) is 18.5 Å². The highest BCUT2D eigenvalue weighted by Gasteiger charge is 2.14. The molecule has 0 aromatic heterocycles.